The van der Waals surface area contributed by atoms with Crippen molar-refractivity contribution in [3.63, 3.8) is 0 Å². The summed E-state index contributed by atoms with van der Waals surface area (Å²) in [6.45, 7) is 6.38. The van der Waals surface area contributed by atoms with Crippen LogP contribution in [0.2, 0.25) is 5.04 Å². The van der Waals surface area contributed by atoms with Crippen molar-refractivity contribution < 1.29 is 36.6 Å². The fraction of sp³-hybridized carbons (Fsp3) is 0.350. The number of rotatable bonds is 13. The number of nitrogens with zero attached hydrogens (tertiary/aromatic N) is 2. The molecule has 0 N–H and O–H groups in total. The molecule has 0 bridgehead atoms. The van der Waals surface area contributed by atoms with Crippen molar-refractivity contribution in [2.75, 3.05) is 27.1 Å². The van der Waals surface area contributed by atoms with Crippen LogP contribution in [0.1, 0.15) is 38.3 Å². The lowest BCUT2D eigenvalue weighted by molar-refractivity contribution is -0.147. The second-order valence-electron chi connectivity index (χ2n) is 14.0. The van der Waals surface area contributed by atoms with Crippen LogP contribution in [0.4, 0.5) is 4.79 Å². The van der Waals surface area contributed by atoms with Crippen molar-refractivity contribution >= 4 is 40.8 Å². The summed E-state index contributed by atoms with van der Waals surface area (Å²) < 4.78 is 52.2. The first-order valence-electron chi connectivity index (χ1n) is 17.2. The minimum Gasteiger partial charge on any atom is -0.497 e. The Morgan fingerprint density at radius 1 is 0.808 bits per heavy atom. The maximum absolute atomic E-state index is 14.2. The SMILES string of the molecule is COC(=O)[C@H]1[C@@H](N(Cc2ccc(OC)cc2)S(C)(=O)=O)C[C@@H](CO[Si](c2ccccc2)(c2ccccc2)C(C)(C)C)N1C(=O)OCc1ccccc1. The van der Waals surface area contributed by atoms with E-state index in [1.165, 1.54) is 16.3 Å². The standard InChI is InChI=1S/C40H48N2O8SSi/c1-40(2,3)52(34-18-12-8-13-19-34,35-20-14-9-15-21-35)50-29-32-26-36(41(51(6,45)46)27-30-22-24-33(47-4)25-23-30)37(38(43)48-5)42(32)39(44)49-28-31-16-10-7-11-17-31/h7-25,32,36-37H,26-29H2,1-6H3/t32-,36-,37+/m0/s1. The first-order chi connectivity index (χ1) is 24.8. The van der Waals surface area contributed by atoms with E-state index in [9.17, 15) is 18.0 Å². The maximum atomic E-state index is 14.2. The highest BCUT2D eigenvalue weighted by molar-refractivity contribution is 7.88. The number of hydrogen-bond acceptors (Lipinski definition) is 8. The van der Waals surface area contributed by atoms with Crippen molar-refractivity contribution in [1.82, 2.24) is 9.21 Å². The van der Waals surface area contributed by atoms with E-state index in [1.807, 2.05) is 66.7 Å². The van der Waals surface area contributed by atoms with Crippen LogP contribution in [0.3, 0.4) is 0 Å². The van der Waals surface area contributed by atoms with E-state index < -0.39 is 48.5 Å². The van der Waals surface area contributed by atoms with Gasteiger partial charge in [-0.3, -0.25) is 4.90 Å². The van der Waals surface area contributed by atoms with Crippen LogP contribution in [0.25, 0.3) is 0 Å². The number of ether oxygens (including phenoxy) is 3. The number of likely N-dealkylation sites (tertiary alicyclic amines) is 1. The fourth-order valence-corrected chi connectivity index (χ4v) is 12.9. The molecule has 12 heteroatoms. The second-order valence-corrected chi connectivity index (χ2v) is 20.2. The molecule has 4 aromatic rings. The highest BCUT2D eigenvalue weighted by Crippen LogP contribution is 2.39. The fourth-order valence-electron chi connectivity index (χ4n) is 7.18. The third-order valence-corrected chi connectivity index (χ3v) is 15.9. The predicted octanol–water partition coefficient (Wildman–Crippen LogP) is 5.35. The number of methoxy groups -OCH3 is 2. The summed E-state index contributed by atoms with van der Waals surface area (Å²) >= 11 is 0. The van der Waals surface area contributed by atoms with Gasteiger partial charge in [-0.1, -0.05) is 124 Å². The molecule has 3 atom stereocenters. The molecule has 0 aliphatic carbocycles. The first kappa shape index (κ1) is 38.7. The molecule has 1 heterocycles. The van der Waals surface area contributed by atoms with Gasteiger partial charge in [-0.25, -0.2) is 18.0 Å². The van der Waals surface area contributed by atoms with Crippen molar-refractivity contribution in [2.45, 2.75) is 63.5 Å². The van der Waals surface area contributed by atoms with Gasteiger partial charge in [-0.05, 0) is 45.1 Å². The summed E-state index contributed by atoms with van der Waals surface area (Å²) in [6, 6.07) is 33.4. The number of benzene rings is 4. The van der Waals surface area contributed by atoms with Gasteiger partial charge in [0.15, 0.2) is 0 Å². The molecule has 0 aromatic heterocycles. The molecular formula is C40H48N2O8SSi. The highest BCUT2D eigenvalue weighted by atomic mass is 32.2. The quantitative estimate of drug-likeness (QED) is 0.133. The minimum atomic E-state index is -3.93. The molecule has 0 spiro atoms. The molecular weight excluding hydrogens is 697 g/mol. The maximum Gasteiger partial charge on any atom is 0.411 e. The first-order valence-corrected chi connectivity index (χ1v) is 21.0. The van der Waals surface area contributed by atoms with Gasteiger partial charge in [0.2, 0.25) is 10.0 Å². The molecule has 0 unspecified atom stereocenters. The zero-order chi connectivity index (χ0) is 37.5. The van der Waals surface area contributed by atoms with Gasteiger partial charge in [-0.15, -0.1) is 0 Å². The molecule has 276 valence electrons. The molecule has 1 aliphatic rings. The normalized spacial score (nSPS) is 17.9. The van der Waals surface area contributed by atoms with Crippen LogP contribution in [0.15, 0.2) is 115 Å². The smallest absolute Gasteiger partial charge is 0.411 e. The third-order valence-electron chi connectivity index (χ3n) is 9.63. The van der Waals surface area contributed by atoms with Gasteiger partial charge in [0, 0.05) is 6.54 Å². The Kier molecular flexibility index (Phi) is 12.3. The Morgan fingerprint density at radius 3 is 1.83 bits per heavy atom. The molecule has 0 radical (unpaired) electrons. The lowest BCUT2D eigenvalue weighted by Crippen LogP contribution is -2.67. The zero-order valence-electron chi connectivity index (χ0n) is 30.6. The minimum absolute atomic E-state index is 0.0118. The van der Waals surface area contributed by atoms with Crippen molar-refractivity contribution in [2.24, 2.45) is 0 Å². The second kappa shape index (κ2) is 16.5. The molecule has 1 saturated heterocycles. The molecule has 5 rings (SSSR count). The monoisotopic (exact) mass is 744 g/mol. The number of amides is 1. The number of carbonyl (C=O) groups is 2. The summed E-state index contributed by atoms with van der Waals surface area (Å²) in [4.78, 5) is 29.4. The summed E-state index contributed by atoms with van der Waals surface area (Å²) in [5, 5.41) is 1.72. The molecule has 52 heavy (non-hydrogen) atoms. The van der Waals surface area contributed by atoms with Crippen LogP contribution < -0.4 is 15.1 Å². The highest BCUT2D eigenvalue weighted by Gasteiger charge is 2.55. The predicted molar refractivity (Wildman–Crippen MR) is 203 cm³/mol. The summed E-state index contributed by atoms with van der Waals surface area (Å²) in [7, 11) is -4.26. The Bertz CT molecular complexity index is 1850. The van der Waals surface area contributed by atoms with E-state index in [2.05, 4.69) is 45.0 Å². The number of sulfonamides is 1. The molecule has 10 nitrogen and oxygen atoms in total. The molecule has 0 saturated carbocycles. The van der Waals surface area contributed by atoms with Gasteiger partial charge in [-0.2, -0.15) is 4.31 Å². The van der Waals surface area contributed by atoms with Crippen molar-refractivity contribution in [3.8, 4) is 5.75 Å². The Balaban J connectivity index is 1.59. The number of carbonyl (C=O) groups excluding carboxylic acids is 2. The van der Waals surface area contributed by atoms with Crippen LogP contribution in [-0.2, 0) is 41.9 Å². The van der Waals surface area contributed by atoms with Crippen LogP contribution in [-0.4, -0.2) is 83.2 Å². The summed E-state index contributed by atoms with van der Waals surface area (Å²) in [5.74, 6) is -0.131. The number of esters is 1. The Morgan fingerprint density at radius 2 is 1.35 bits per heavy atom. The lowest BCUT2D eigenvalue weighted by atomic mass is 10.1. The summed E-state index contributed by atoms with van der Waals surface area (Å²) in [6.07, 6.45) is 0.437. The molecule has 4 aromatic carbocycles. The lowest BCUT2D eigenvalue weighted by Gasteiger charge is -2.44. The average Bonchev–Trinajstić information content (AvgIpc) is 3.52. The largest absolute Gasteiger partial charge is 0.497 e. The number of hydrogen-bond donors (Lipinski definition) is 0. The third kappa shape index (κ3) is 8.41. The zero-order valence-corrected chi connectivity index (χ0v) is 32.4. The van der Waals surface area contributed by atoms with E-state index in [0.29, 0.717) is 11.3 Å². The van der Waals surface area contributed by atoms with Crippen LogP contribution in [0, 0.1) is 0 Å². The van der Waals surface area contributed by atoms with Crippen molar-refractivity contribution in [1.29, 1.82) is 0 Å². The molecule has 1 amide bonds. The van der Waals surface area contributed by atoms with Crippen LogP contribution >= 0.6 is 0 Å². The van der Waals surface area contributed by atoms with E-state index >= 15 is 0 Å². The molecule has 1 aliphatic heterocycles. The van der Waals surface area contributed by atoms with Gasteiger partial charge in [0.05, 0.1) is 39.2 Å². The van der Waals surface area contributed by atoms with Gasteiger partial charge < -0.3 is 18.6 Å². The topological polar surface area (TPSA) is 112 Å². The Labute approximate surface area is 308 Å². The van der Waals surface area contributed by atoms with E-state index in [-0.39, 0.29) is 31.2 Å². The van der Waals surface area contributed by atoms with E-state index in [4.69, 9.17) is 18.6 Å². The van der Waals surface area contributed by atoms with Crippen molar-refractivity contribution in [3.05, 3.63) is 126 Å². The van der Waals surface area contributed by atoms with E-state index in [1.54, 1.807) is 31.4 Å². The van der Waals surface area contributed by atoms with Crippen LogP contribution in [0.5, 0.6) is 5.75 Å². The molecule has 1 fully saturated rings. The summed E-state index contributed by atoms with van der Waals surface area (Å²) in [5.41, 5.74) is 1.44. The van der Waals surface area contributed by atoms with Gasteiger partial charge >= 0.3 is 12.1 Å². The average molecular weight is 745 g/mol. The van der Waals surface area contributed by atoms with Gasteiger partial charge in [0.1, 0.15) is 18.4 Å². The Hall–Kier alpha value is -4.49. The van der Waals surface area contributed by atoms with E-state index in [0.717, 1.165) is 22.2 Å². The van der Waals surface area contributed by atoms with Gasteiger partial charge in [0.25, 0.3) is 8.32 Å².